The highest BCUT2D eigenvalue weighted by molar-refractivity contribution is 4.92. The Morgan fingerprint density at radius 2 is 1.75 bits per heavy atom. The van der Waals surface area contributed by atoms with Gasteiger partial charge in [-0.25, -0.2) is 0 Å². The van der Waals surface area contributed by atoms with Crippen LogP contribution in [0.25, 0.3) is 0 Å². The number of hydrogen-bond donors (Lipinski definition) is 1. The monoisotopic (exact) mass is 166 g/mol. The second kappa shape index (κ2) is 2.71. The van der Waals surface area contributed by atoms with Gasteiger partial charge in [0.2, 0.25) is 0 Å². The summed E-state index contributed by atoms with van der Waals surface area (Å²) in [6.45, 7) is 6.74. The molecular weight excluding hydrogens is 148 g/mol. The summed E-state index contributed by atoms with van der Waals surface area (Å²) in [5.74, 6) is 3.06. The van der Waals surface area contributed by atoms with Crippen molar-refractivity contribution in [1.82, 2.24) is 10.2 Å². The first-order valence-electron chi connectivity index (χ1n) is 5.35. The molecule has 0 unspecified atom stereocenters. The van der Waals surface area contributed by atoms with Crippen LogP contribution in [0.5, 0.6) is 0 Å². The van der Waals surface area contributed by atoms with Crippen LogP contribution in [0.1, 0.15) is 12.8 Å². The van der Waals surface area contributed by atoms with Crippen LogP contribution in [0, 0.1) is 17.8 Å². The molecule has 3 fully saturated rings. The van der Waals surface area contributed by atoms with E-state index in [0.29, 0.717) is 0 Å². The molecule has 0 radical (unpaired) electrons. The van der Waals surface area contributed by atoms with Crippen LogP contribution < -0.4 is 5.32 Å². The van der Waals surface area contributed by atoms with Gasteiger partial charge in [-0.3, -0.25) is 0 Å². The average Bonchev–Trinajstić information content (AvgIpc) is 2.56. The Morgan fingerprint density at radius 3 is 2.33 bits per heavy atom. The quantitative estimate of drug-likeness (QED) is 0.644. The maximum atomic E-state index is 3.49. The van der Waals surface area contributed by atoms with Gasteiger partial charge in [-0.2, -0.15) is 0 Å². The molecule has 0 amide bonds. The van der Waals surface area contributed by atoms with E-state index in [1.807, 2.05) is 0 Å². The van der Waals surface area contributed by atoms with Crippen molar-refractivity contribution in [3.05, 3.63) is 0 Å². The number of likely N-dealkylation sites (tertiary alicyclic amines) is 1. The molecular formula is C10H18N2. The molecule has 12 heavy (non-hydrogen) atoms. The smallest absolute Gasteiger partial charge is 0.00257 e. The van der Waals surface area contributed by atoms with Crippen LogP contribution >= 0.6 is 0 Å². The van der Waals surface area contributed by atoms with Gasteiger partial charge in [0, 0.05) is 19.6 Å². The third kappa shape index (κ3) is 1.27. The van der Waals surface area contributed by atoms with E-state index in [1.54, 1.807) is 0 Å². The maximum Gasteiger partial charge on any atom is 0.00257 e. The fourth-order valence-corrected chi connectivity index (χ4v) is 2.77. The summed E-state index contributed by atoms with van der Waals surface area (Å²) < 4.78 is 0. The maximum absolute atomic E-state index is 3.49. The van der Waals surface area contributed by atoms with Crippen LogP contribution in [0.2, 0.25) is 0 Å². The molecule has 0 aromatic heterocycles. The van der Waals surface area contributed by atoms with Gasteiger partial charge in [-0.15, -0.1) is 0 Å². The number of nitrogens with one attached hydrogen (secondary N) is 1. The summed E-state index contributed by atoms with van der Waals surface area (Å²) in [5, 5.41) is 3.49. The second-order valence-corrected chi connectivity index (χ2v) is 4.84. The van der Waals surface area contributed by atoms with Crippen LogP contribution in [0.3, 0.4) is 0 Å². The summed E-state index contributed by atoms with van der Waals surface area (Å²) in [6, 6.07) is 0. The Morgan fingerprint density at radius 1 is 1.08 bits per heavy atom. The zero-order valence-electron chi connectivity index (χ0n) is 7.63. The molecule has 1 saturated carbocycles. The van der Waals surface area contributed by atoms with Crippen molar-refractivity contribution in [1.29, 1.82) is 0 Å². The molecule has 0 bridgehead atoms. The summed E-state index contributed by atoms with van der Waals surface area (Å²) in [5.41, 5.74) is 0. The summed E-state index contributed by atoms with van der Waals surface area (Å²) in [4.78, 5) is 2.70. The number of hydrogen-bond acceptors (Lipinski definition) is 2. The minimum absolute atomic E-state index is 0.990. The Bertz CT molecular complexity index is 165. The van der Waals surface area contributed by atoms with Crippen molar-refractivity contribution in [2.75, 3.05) is 32.7 Å². The molecule has 0 aromatic carbocycles. The highest BCUT2D eigenvalue weighted by atomic mass is 15.2. The van der Waals surface area contributed by atoms with E-state index in [9.17, 15) is 0 Å². The lowest BCUT2D eigenvalue weighted by molar-refractivity contribution is 0.301. The van der Waals surface area contributed by atoms with Gasteiger partial charge in [0.15, 0.2) is 0 Å². The predicted octanol–water partition coefficient (Wildman–Crippen LogP) is 0.548. The minimum Gasteiger partial charge on any atom is -0.316 e. The zero-order valence-corrected chi connectivity index (χ0v) is 7.63. The van der Waals surface area contributed by atoms with Crippen LogP contribution in [-0.4, -0.2) is 37.6 Å². The summed E-state index contributed by atoms with van der Waals surface area (Å²) >= 11 is 0. The van der Waals surface area contributed by atoms with Crippen molar-refractivity contribution in [3.8, 4) is 0 Å². The molecule has 0 aromatic rings. The second-order valence-electron chi connectivity index (χ2n) is 4.84. The normalized spacial score (nSPS) is 42.0. The molecule has 2 nitrogen and oxygen atoms in total. The van der Waals surface area contributed by atoms with Gasteiger partial charge in [-0.05, 0) is 43.7 Å². The third-order valence-electron chi connectivity index (χ3n) is 3.68. The van der Waals surface area contributed by atoms with E-state index in [1.165, 1.54) is 45.6 Å². The highest BCUT2D eigenvalue weighted by Gasteiger charge is 2.37. The van der Waals surface area contributed by atoms with E-state index >= 15 is 0 Å². The average molecular weight is 166 g/mol. The van der Waals surface area contributed by atoms with Gasteiger partial charge >= 0.3 is 0 Å². The fourth-order valence-electron chi connectivity index (χ4n) is 2.77. The van der Waals surface area contributed by atoms with Crippen molar-refractivity contribution in [3.63, 3.8) is 0 Å². The van der Waals surface area contributed by atoms with Crippen molar-refractivity contribution in [2.45, 2.75) is 12.8 Å². The first-order chi connectivity index (χ1) is 5.92. The van der Waals surface area contributed by atoms with Gasteiger partial charge in [-0.1, -0.05) is 0 Å². The Balaban J connectivity index is 1.56. The van der Waals surface area contributed by atoms with Gasteiger partial charge in [0.1, 0.15) is 0 Å². The number of nitrogens with zero attached hydrogens (tertiary/aromatic N) is 1. The standard InChI is InChI=1S/C10H18N2/c1-2-8(1)5-12-6-9-3-11-4-10(9)7-12/h8-11H,1-7H2/t9-,10+. The molecule has 2 aliphatic heterocycles. The minimum atomic E-state index is 0.990. The number of fused-ring (bicyclic) bond motifs is 1. The Kier molecular flexibility index (Phi) is 1.66. The van der Waals surface area contributed by atoms with Crippen molar-refractivity contribution >= 4 is 0 Å². The van der Waals surface area contributed by atoms with E-state index in [-0.39, 0.29) is 0 Å². The summed E-state index contributed by atoms with van der Waals surface area (Å²) in [7, 11) is 0. The molecule has 3 aliphatic rings. The molecule has 0 spiro atoms. The first kappa shape index (κ1) is 7.34. The first-order valence-corrected chi connectivity index (χ1v) is 5.35. The van der Waals surface area contributed by atoms with Crippen molar-refractivity contribution in [2.24, 2.45) is 17.8 Å². The number of rotatable bonds is 2. The van der Waals surface area contributed by atoms with E-state index < -0.39 is 0 Å². The van der Waals surface area contributed by atoms with Crippen LogP contribution in [-0.2, 0) is 0 Å². The Hall–Kier alpha value is -0.0800. The van der Waals surface area contributed by atoms with Gasteiger partial charge in [0.05, 0.1) is 0 Å². The van der Waals surface area contributed by atoms with Gasteiger partial charge in [0.25, 0.3) is 0 Å². The Labute approximate surface area is 74.3 Å². The van der Waals surface area contributed by atoms with Gasteiger partial charge < -0.3 is 10.2 Å². The molecule has 3 rings (SSSR count). The molecule has 1 aliphatic carbocycles. The van der Waals surface area contributed by atoms with E-state index in [0.717, 1.165) is 17.8 Å². The SMILES string of the molecule is C1CC1CN1C[C@H]2CNC[C@H]2C1. The molecule has 2 atom stereocenters. The van der Waals surface area contributed by atoms with Crippen molar-refractivity contribution < 1.29 is 0 Å². The summed E-state index contributed by atoms with van der Waals surface area (Å²) in [6.07, 6.45) is 3.01. The van der Waals surface area contributed by atoms with E-state index in [2.05, 4.69) is 10.2 Å². The molecule has 2 saturated heterocycles. The lowest BCUT2D eigenvalue weighted by Crippen LogP contribution is -2.27. The fraction of sp³-hybridized carbons (Fsp3) is 1.00. The predicted molar refractivity (Wildman–Crippen MR) is 49.0 cm³/mol. The molecule has 1 N–H and O–H groups in total. The lowest BCUT2D eigenvalue weighted by atomic mass is 10.0. The van der Waals surface area contributed by atoms with Crippen LogP contribution in [0.15, 0.2) is 0 Å². The molecule has 2 heterocycles. The van der Waals surface area contributed by atoms with Crippen LogP contribution in [0.4, 0.5) is 0 Å². The largest absolute Gasteiger partial charge is 0.316 e. The molecule has 2 heteroatoms. The van der Waals surface area contributed by atoms with E-state index in [4.69, 9.17) is 0 Å². The zero-order chi connectivity index (χ0) is 7.97. The lowest BCUT2D eigenvalue weighted by Gasteiger charge is -2.15. The third-order valence-corrected chi connectivity index (χ3v) is 3.68. The highest BCUT2D eigenvalue weighted by Crippen LogP contribution is 2.33. The molecule has 68 valence electrons. The topological polar surface area (TPSA) is 15.3 Å².